The first-order valence-corrected chi connectivity index (χ1v) is 7.10. The molecule has 4 heteroatoms. The van der Waals surface area contributed by atoms with E-state index in [1.165, 1.54) is 0 Å². The smallest absolute Gasteiger partial charge is 0.0963 e. The van der Waals surface area contributed by atoms with Gasteiger partial charge in [-0.25, -0.2) is 8.93 Å². The van der Waals surface area contributed by atoms with E-state index >= 15 is 0 Å². The van der Waals surface area contributed by atoms with E-state index in [0.717, 1.165) is 5.56 Å². The average Bonchev–Trinajstić information content (AvgIpc) is 2.59. The van der Waals surface area contributed by atoms with Crippen LogP contribution in [0.4, 0.5) is 0 Å². The molecular formula is C10H19NOS2. The summed E-state index contributed by atoms with van der Waals surface area (Å²) in [5.74, 6) is 0.613. The molecule has 0 saturated heterocycles. The summed E-state index contributed by atoms with van der Waals surface area (Å²) in [6.07, 6.45) is 0. The second-order valence-electron chi connectivity index (χ2n) is 2.89. The predicted molar refractivity (Wildman–Crippen MR) is 65.8 cm³/mol. The molecule has 0 amide bonds. The van der Waals surface area contributed by atoms with Crippen LogP contribution in [-0.2, 0) is 16.7 Å². The van der Waals surface area contributed by atoms with Crippen LogP contribution in [0.25, 0.3) is 0 Å². The molecule has 0 aliphatic heterocycles. The lowest BCUT2D eigenvalue weighted by Gasteiger charge is -2.05. The number of hydrogen-bond donors (Lipinski definition) is 1. The van der Waals surface area contributed by atoms with E-state index in [0.29, 0.717) is 5.75 Å². The van der Waals surface area contributed by atoms with Gasteiger partial charge >= 0.3 is 0 Å². The molecule has 1 aromatic heterocycles. The third-order valence-corrected chi connectivity index (χ3v) is 3.31. The Balaban J connectivity index is 0.000000791. The van der Waals surface area contributed by atoms with Gasteiger partial charge in [-0.15, -0.1) is 0 Å². The zero-order valence-electron chi connectivity index (χ0n) is 9.24. The number of thiophene rings is 1. The zero-order chi connectivity index (χ0) is 11.0. The molecule has 0 bridgehead atoms. The van der Waals surface area contributed by atoms with Gasteiger partial charge in [-0.1, -0.05) is 13.8 Å². The Morgan fingerprint density at radius 3 is 2.57 bits per heavy atom. The SMILES string of the molecule is CC.CC(C)NS(=O)Cc1ccsc1. The Morgan fingerprint density at radius 2 is 2.14 bits per heavy atom. The molecule has 0 radical (unpaired) electrons. The van der Waals surface area contributed by atoms with E-state index in [4.69, 9.17) is 0 Å². The quantitative estimate of drug-likeness (QED) is 0.851. The number of rotatable bonds is 4. The standard InChI is InChI=1S/C8H13NOS2.C2H6/c1-7(2)9-12(10)6-8-3-4-11-5-8;1-2/h3-5,7,9H,6H2,1-2H3;1-2H3. The monoisotopic (exact) mass is 233 g/mol. The lowest BCUT2D eigenvalue weighted by molar-refractivity contribution is 0.655. The molecule has 1 aromatic rings. The van der Waals surface area contributed by atoms with Crippen molar-refractivity contribution in [3.8, 4) is 0 Å². The summed E-state index contributed by atoms with van der Waals surface area (Å²) in [4.78, 5) is 0. The second kappa shape index (κ2) is 8.15. The zero-order valence-corrected chi connectivity index (χ0v) is 10.9. The molecule has 14 heavy (non-hydrogen) atoms. The van der Waals surface area contributed by atoms with Crippen molar-refractivity contribution in [3.63, 3.8) is 0 Å². The summed E-state index contributed by atoms with van der Waals surface area (Å²) in [7, 11) is -0.923. The predicted octanol–water partition coefficient (Wildman–Crippen LogP) is 2.94. The minimum atomic E-state index is -0.923. The van der Waals surface area contributed by atoms with Gasteiger partial charge in [-0.3, -0.25) is 0 Å². The maximum atomic E-state index is 11.3. The van der Waals surface area contributed by atoms with Crippen LogP contribution in [-0.4, -0.2) is 10.3 Å². The highest BCUT2D eigenvalue weighted by atomic mass is 32.2. The van der Waals surface area contributed by atoms with Crippen molar-refractivity contribution in [1.82, 2.24) is 4.72 Å². The Bertz CT molecular complexity index is 245. The van der Waals surface area contributed by atoms with Gasteiger partial charge in [-0.05, 0) is 36.2 Å². The van der Waals surface area contributed by atoms with Crippen molar-refractivity contribution >= 4 is 22.3 Å². The summed E-state index contributed by atoms with van der Waals surface area (Å²) in [5, 5.41) is 4.03. The van der Waals surface area contributed by atoms with Crippen LogP contribution in [0, 0.1) is 0 Å². The summed E-state index contributed by atoms with van der Waals surface area (Å²) < 4.78 is 14.3. The van der Waals surface area contributed by atoms with Crippen molar-refractivity contribution in [1.29, 1.82) is 0 Å². The van der Waals surface area contributed by atoms with Crippen LogP contribution in [0.3, 0.4) is 0 Å². The molecule has 1 unspecified atom stereocenters. The van der Waals surface area contributed by atoms with Crippen molar-refractivity contribution in [2.45, 2.75) is 39.5 Å². The van der Waals surface area contributed by atoms with Gasteiger partial charge in [-0.2, -0.15) is 11.3 Å². The fourth-order valence-corrected chi connectivity index (χ4v) is 2.70. The molecule has 0 spiro atoms. The van der Waals surface area contributed by atoms with E-state index in [1.807, 2.05) is 44.5 Å². The van der Waals surface area contributed by atoms with E-state index < -0.39 is 11.0 Å². The van der Waals surface area contributed by atoms with Gasteiger partial charge in [0.05, 0.1) is 16.7 Å². The number of hydrogen-bond acceptors (Lipinski definition) is 2. The second-order valence-corrected chi connectivity index (χ2v) is 4.89. The summed E-state index contributed by atoms with van der Waals surface area (Å²) in [6.45, 7) is 7.98. The fraction of sp³-hybridized carbons (Fsp3) is 0.600. The average molecular weight is 233 g/mol. The molecule has 0 aliphatic carbocycles. The van der Waals surface area contributed by atoms with Crippen molar-refractivity contribution in [2.24, 2.45) is 0 Å². The van der Waals surface area contributed by atoms with E-state index in [-0.39, 0.29) is 6.04 Å². The first-order chi connectivity index (χ1) is 6.68. The Morgan fingerprint density at radius 1 is 1.50 bits per heavy atom. The Kier molecular flexibility index (Phi) is 8.04. The Labute approximate surface area is 93.3 Å². The van der Waals surface area contributed by atoms with E-state index in [1.54, 1.807) is 11.3 Å². The van der Waals surface area contributed by atoms with Gasteiger partial charge < -0.3 is 0 Å². The van der Waals surface area contributed by atoms with Crippen LogP contribution in [0.1, 0.15) is 33.3 Å². The highest BCUT2D eigenvalue weighted by molar-refractivity contribution is 7.82. The lowest BCUT2D eigenvalue weighted by atomic mass is 10.4. The highest BCUT2D eigenvalue weighted by Gasteiger charge is 2.02. The van der Waals surface area contributed by atoms with Gasteiger partial charge in [0.1, 0.15) is 0 Å². The van der Waals surface area contributed by atoms with Crippen LogP contribution in [0.15, 0.2) is 16.8 Å². The third kappa shape index (κ3) is 6.29. The minimum absolute atomic E-state index is 0.282. The molecule has 2 nitrogen and oxygen atoms in total. The van der Waals surface area contributed by atoms with Crippen molar-refractivity contribution in [2.75, 3.05) is 0 Å². The van der Waals surface area contributed by atoms with Gasteiger partial charge in [0, 0.05) is 6.04 Å². The highest BCUT2D eigenvalue weighted by Crippen LogP contribution is 2.07. The van der Waals surface area contributed by atoms with Gasteiger partial charge in [0.15, 0.2) is 0 Å². The first-order valence-electron chi connectivity index (χ1n) is 4.84. The first kappa shape index (κ1) is 13.8. The maximum absolute atomic E-state index is 11.3. The summed E-state index contributed by atoms with van der Waals surface area (Å²) in [5.41, 5.74) is 1.14. The Hall–Kier alpha value is -0.190. The third-order valence-electron chi connectivity index (χ3n) is 1.25. The van der Waals surface area contributed by atoms with E-state index in [2.05, 4.69) is 4.72 Å². The van der Waals surface area contributed by atoms with E-state index in [9.17, 15) is 4.21 Å². The normalized spacial score (nSPS) is 12.1. The van der Waals surface area contributed by atoms with Crippen molar-refractivity contribution < 1.29 is 4.21 Å². The molecule has 1 N–H and O–H groups in total. The molecule has 0 fully saturated rings. The largest absolute Gasteiger partial charge is 0.243 e. The molecule has 1 heterocycles. The number of nitrogens with one attached hydrogen (secondary N) is 1. The molecule has 1 atom stereocenters. The topological polar surface area (TPSA) is 29.1 Å². The molecule has 82 valence electrons. The lowest BCUT2D eigenvalue weighted by Crippen LogP contribution is -2.25. The van der Waals surface area contributed by atoms with Crippen LogP contribution >= 0.6 is 11.3 Å². The van der Waals surface area contributed by atoms with Crippen molar-refractivity contribution in [3.05, 3.63) is 22.4 Å². The molecule has 0 aliphatic rings. The van der Waals surface area contributed by atoms with Crippen LogP contribution in [0.5, 0.6) is 0 Å². The molecule has 1 rings (SSSR count). The summed E-state index contributed by atoms with van der Waals surface area (Å²) in [6, 6.07) is 2.29. The fourth-order valence-electron chi connectivity index (χ4n) is 0.831. The molecule has 0 aromatic carbocycles. The molecular weight excluding hydrogens is 214 g/mol. The van der Waals surface area contributed by atoms with Crippen LogP contribution in [0.2, 0.25) is 0 Å². The minimum Gasteiger partial charge on any atom is -0.243 e. The molecule has 0 saturated carbocycles. The van der Waals surface area contributed by atoms with Gasteiger partial charge in [0.2, 0.25) is 0 Å². The van der Waals surface area contributed by atoms with Crippen LogP contribution < -0.4 is 4.72 Å². The van der Waals surface area contributed by atoms with Gasteiger partial charge in [0.25, 0.3) is 0 Å². The maximum Gasteiger partial charge on any atom is 0.0963 e. The summed E-state index contributed by atoms with van der Waals surface area (Å²) >= 11 is 1.64.